The molecule has 0 aliphatic carbocycles. The zero-order valence-electron chi connectivity index (χ0n) is 9.42. The first-order valence-electron chi connectivity index (χ1n) is 5.14. The lowest BCUT2D eigenvalue weighted by atomic mass is 10.2. The molecule has 0 radical (unpaired) electrons. The second-order valence-electron chi connectivity index (χ2n) is 3.68. The van der Waals surface area contributed by atoms with Gasteiger partial charge in [-0.1, -0.05) is 0 Å². The van der Waals surface area contributed by atoms with E-state index in [1.54, 1.807) is 18.1 Å². The van der Waals surface area contributed by atoms with Crippen LogP contribution in [0.1, 0.15) is 18.7 Å². The Morgan fingerprint density at radius 1 is 1.31 bits per heavy atom. The van der Waals surface area contributed by atoms with E-state index in [0.29, 0.717) is 0 Å². The van der Waals surface area contributed by atoms with E-state index >= 15 is 0 Å². The fourth-order valence-corrected chi connectivity index (χ4v) is 2.01. The molecule has 0 aliphatic heterocycles. The lowest BCUT2D eigenvalue weighted by Gasteiger charge is -2.10. The molecule has 0 bridgehead atoms. The second kappa shape index (κ2) is 4.72. The summed E-state index contributed by atoms with van der Waals surface area (Å²) in [5, 5.41) is 0. The predicted octanol–water partition coefficient (Wildman–Crippen LogP) is 2.61. The third-order valence-corrected chi connectivity index (χ3v) is 3.23. The largest absolute Gasteiger partial charge is 0.323 e. The summed E-state index contributed by atoms with van der Waals surface area (Å²) in [6.45, 7) is 1.96. The Labute approximate surface area is 99.7 Å². The van der Waals surface area contributed by atoms with E-state index in [0.717, 1.165) is 11.4 Å². The zero-order valence-corrected chi connectivity index (χ0v) is 10.2. The van der Waals surface area contributed by atoms with Gasteiger partial charge in [-0.05, 0) is 37.4 Å². The van der Waals surface area contributed by atoms with Crippen LogP contribution in [0.2, 0.25) is 0 Å². The lowest BCUT2D eigenvalue weighted by molar-refractivity contribution is 0.752. The molecule has 2 aromatic rings. The summed E-state index contributed by atoms with van der Waals surface area (Å²) in [5.74, 6) is 0. The van der Waals surface area contributed by atoms with Crippen molar-refractivity contribution >= 4 is 11.8 Å². The molecule has 0 spiro atoms. The Morgan fingerprint density at radius 2 is 2.00 bits per heavy atom. The molecule has 4 heteroatoms. The van der Waals surface area contributed by atoms with Crippen LogP contribution in [0.3, 0.4) is 0 Å². The van der Waals surface area contributed by atoms with Crippen molar-refractivity contribution in [1.29, 1.82) is 0 Å². The van der Waals surface area contributed by atoms with Crippen LogP contribution in [-0.2, 0) is 0 Å². The molecular weight excluding hydrogens is 218 g/mol. The normalized spacial score (nSPS) is 12.7. The third-order valence-electron chi connectivity index (χ3n) is 2.48. The molecule has 0 fully saturated rings. The van der Waals surface area contributed by atoms with Crippen LogP contribution in [0.4, 0.5) is 0 Å². The smallest absolute Gasteiger partial charge is 0.0994 e. The fraction of sp³-hybridized carbons (Fsp3) is 0.250. The number of benzene rings is 1. The van der Waals surface area contributed by atoms with Gasteiger partial charge in [0.05, 0.1) is 18.2 Å². The molecule has 2 rings (SSSR count). The van der Waals surface area contributed by atoms with Gasteiger partial charge in [0, 0.05) is 16.6 Å². The number of imidazole rings is 1. The lowest BCUT2D eigenvalue weighted by Crippen LogP contribution is -2.10. The molecule has 3 nitrogen and oxygen atoms in total. The SMILES string of the molecule is CSc1ccc(-n2cncc2[C@@H](C)N)cc1. The Morgan fingerprint density at radius 3 is 2.56 bits per heavy atom. The maximum Gasteiger partial charge on any atom is 0.0994 e. The average Bonchev–Trinajstić information content (AvgIpc) is 2.78. The molecule has 0 aliphatic rings. The molecular formula is C12H15N3S. The molecule has 16 heavy (non-hydrogen) atoms. The highest BCUT2D eigenvalue weighted by atomic mass is 32.2. The summed E-state index contributed by atoms with van der Waals surface area (Å²) in [7, 11) is 0. The van der Waals surface area contributed by atoms with Crippen molar-refractivity contribution in [2.75, 3.05) is 6.26 Å². The Kier molecular flexibility index (Phi) is 3.31. The predicted molar refractivity (Wildman–Crippen MR) is 67.9 cm³/mol. The molecule has 0 saturated heterocycles. The molecule has 1 aromatic heterocycles. The van der Waals surface area contributed by atoms with Gasteiger partial charge in [-0.15, -0.1) is 11.8 Å². The number of nitrogens with two attached hydrogens (primary N) is 1. The minimum atomic E-state index is -0.0114. The first-order valence-corrected chi connectivity index (χ1v) is 6.37. The number of thioether (sulfide) groups is 1. The highest BCUT2D eigenvalue weighted by Crippen LogP contribution is 2.19. The molecule has 0 saturated carbocycles. The maximum absolute atomic E-state index is 5.89. The number of rotatable bonds is 3. The van der Waals surface area contributed by atoms with E-state index in [-0.39, 0.29) is 6.04 Å². The monoisotopic (exact) mass is 233 g/mol. The van der Waals surface area contributed by atoms with Crippen LogP contribution in [0.15, 0.2) is 41.7 Å². The van der Waals surface area contributed by atoms with Crippen LogP contribution in [-0.4, -0.2) is 15.8 Å². The fourth-order valence-electron chi connectivity index (χ4n) is 1.60. The Bertz CT molecular complexity index is 459. The average molecular weight is 233 g/mol. The highest BCUT2D eigenvalue weighted by Gasteiger charge is 2.07. The maximum atomic E-state index is 5.89. The summed E-state index contributed by atoms with van der Waals surface area (Å²) in [5.41, 5.74) is 8.01. The first kappa shape index (κ1) is 11.2. The minimum absolute atomic E-state index is 0.0114. The van der Waals surface area contributed by atoms with Gasteiger partial charge >= 0.3 is 0 Å². The van der Waals surface area contributed by atoms with Crippen molar-refractivity contribution in [3.8, 4) is 5.69 Å². The zero-order chi connectivity index (χ0) is 11.5. The van der Waals surface area contributed by atoms with Gasteiger partial charge in [0.1, 0.15) is 0 Å². The molecule has 2 N–H and O–H groups in total. The van der Waals surface area contributed by atoms with Crippen molar-refractivity contribution in [3.63, 3.8) is 0 Å². The van der Waals surface area contributed by atoms with Crippen LogP contribution < -0.4 is 5.73 Å². The van der Waals surface area contributed by atoms with Gasteiger partial charge < -0.3 is 10.3 Å². The van der Waals surface area contributed by atoms with Crippen molar-refractivity contribution in [1.82, 2.24) is 9.55 Å². The second-order valence-corrected chi connectivity index (χ2v) is 4.55. The number of nitrogens with zero attached hydrogens (tertiary/aromatic N) is 2. The molecule has 1 aromatic carbocycles. The molecule has 1 heterocycles. The van der Waals surface area contributed by atoms with Gasteiger partial charge in [0.15, 0.2) is 0 Å². The molecule has 0 amide bonds. The number of hydrogen-bond donors (Lipinski definition) is 1. The summed E-state index contributed by atoms with van der Waals surface area (Å²) in [6, 6.07) is 8.36. The highest BCUT2D eigenvalue weighted by molar-refractivity contribution is 7.98. The van der Waals surface area contributed by atoms with E-state index in [2.05, 4.69) is 35.5 Å². The summed E-state index contributed by atoms with van der Waals surface area (Å²) in [6.07, 6.45) is 5.68. The van der Waals surface area contributed by atoms with Crippen LogP contribution in [0.25, 0.3) is 5.69 Å². The number of aromatic nitrogens is 2. The quantitative estimate of drug-likeness (QED) is 0.829. The molecule has 84 valence electrons. The van der Waals surface area contributed by atoms with Crippen molar-refractivity contribution < 1.29 is 0 Å². The van der Waals surface area contributed by atoms with Gasteiger partial charge in [-0.2, -0.15) is 0 Å². The summed E-state index contributed by atoms with van der Waals surface area (Å²) < 4.78 is 2.02. The van der Waals surface area contributed by atoms with Gasteiger partial charge in [-0.3, -0.25) is 0 Å². The van der Waals surface area contributed by atoms with Crippen molar-refractivity contribution in [2.45, 2.75) is 17.9 Å². The first-order chi connectivity index (χ1) is 7.72. The topological polar surface area (TPSA) is 43.8 Å². The van der Waals surface area contributed by atoms with Gasteiger partial charge in [-0.25, -0.2) is 4.98 Å². The third kappa shape index (κ3) is 2.13. The Hall–Kier alpha value is -1.26. The van der Waals surface area contributed by atoms with Gasteiger partial charge in [0.2, 0.25) is 0 Å². The standard InChI is InChI=1S/C12H15N3S/c1-9(13)12-7-14-8-15(12)10-3-5-11(16-2)6-4-10/h3-9H,13H2,1-2H3/t9-/m1/s1. The Balaban J connectivity index is 2.38. The van der Waals surface area contributed by atoms with E-state index in [1.807, 2.05) is 17.7 Å². The van der Waals surface area contributed by atoms with Crippen LogP contribution in [0, 0.1) is 0 Å². The summed E-state index contributed by atoms with van der Waals surface area (Å²) >= 11 is 1.74. The van der Waals surface area contributed by atoms with E-state index in [9.17, 15) is 0 Å². The molecule has 1 atom stereocenters. The number of hydrogen-bond acceptors (Lipinski definition) is 3. The van der Waals surface area contributed by atoms with Crippen LogP contribution >= 0.6 is 11.8 Å². The summed E-state index contributed by atoms with van der Waals surface area (Å²) in [4.78, 5) is 5.40. The van der Waals surface area contributed by atoms with E-state index in [4.69, 9.17) is 5.73 Å². The van der Waals surface area contributed by atoms with Gasteiger partial charge in [0.25, 0.3) is 0 Å². The van der Waals surface area contributed by atoms with Crippen LogP contribution in [0.5, 0.6) is 0 Å². The minimum Gasteiger partial charge on any atom is -0.323 e. The van der Waals surface area contributed by atoms with Crippen molar-refractivity contribution in [3.05, 3.63) is 42.5 Å². The van der Waals surface area contributed by atoms with Crippen molar-refractivity contribution in [2.24, 2.45) is 5.73 Å². The van der Waals surface area contributed by atoms with E-state index < -0.39 is 0 Å². The molecule has 0 unspecified atom stereocenters. The van der Waals surface area contributed by atoms with E-state index in [1.165, 1.54) is 4.90 Å².